The molecule has 3 aromatic rings. The van der Waals surface area contributed by atoms with Gasteiger partial charge in [0, 0.05) is 12.4 Å². The number of ether oxygens (including phenoxy) is 2. The minimum atomic E-state index is -3.78. The summed E-state index contributed by atoms with van der Waals surface area (Å²) in [6.45, 7) is 4.17. The van der Waals surface area contributed by atoms with Crippen molar-refractivity contribution in [2.24, 2.45) is 0 Å². The molecule has 7 heteroatoms. The van der Waals surface area contributed by atoms with Gasteiger partial charge in [0.2, 0.25) is 0 Å². The molecule has 1 heterocycles. The molecule has 0 saturated heterocycles. The zero-order valence-corrected chi connectivity index (χ0v) is 15.7. The fraction of sp³-hybridized carbons (Fsp3) is 0.211. The highest BCUT2D eigenvalue weighted by atomic mass is 32.2. The first-order chi connectivity index (χ1) is 12.5. The van der Waals surface area contributed by atoms with Gasteiger partial charge in [-0.25, -0.2) is 17.4 Å². The van der Waals surface area contributed by atoms with E-state index in [1.807, 2.05) is 13.8 Å². The maximum atomic E-state index is 13.1. The van der Waals surface area contributed by atoms with Crippen molar-refractivity contribution in [3.05, 3.63) is 60.4 Å². The third-order valence-electron chi connectivity index (χ3n) is 3.91. The van der Waals surface area contributed by atoms with E-state index in [0.717, 1.165) is 9.54 Å². The number of hydrogen-bond donors (Lipinski definition) is 0. The molecule has 2 aromatic carbocycles. The van der Waals surface area contributed by atoms with Gasteiger partial charge in [-0.2, -0.15) is 0 Å². The van der Waals surface area contributed by atoms with Crippen LogP contribution in [0.1, 0.15) is 12.5 Å². The van der Waals surface area contributed by atoms with E-state index < -0.39 is 10.0 Å². The summed E-state index contributed by atoms with van der Waals surface area (Å²) >= 11 is 0. The van der Waals surface area contributed by atoms with Gasteiger partial charge in [0.25, 0.3) is 10.0 Å². The predicted octanol–water partition coefficient (Wildman–Crippen LogP) is 3.50. The number of rotatable bonds is 6. The van der Waals surface area contributed by atoms with E-state index in [9.17, 15) is 8.42 Å². The van der Waals surface area contributed by atoms with Crippen LogP contribution in [-0.2, 0) is 10.0 Å². The van der Waals surface area contributed by atoms with Crippen LogP contribution in [0.15, 0.2) is 59.8 Å². The molecule has 0 amide bonds. The Morgan fingerprint density at radius 1 is 1.12 bits per heavy atom. The molecule has 136 valence electrons. The Balaban J connectivity index is 2.17. The lowest BCUT2D eigenvalue weighted by molar-refractivity contribution is 0.312. The monoisotopic (exact) mass is 372 g/mol. The van der Waals surface area contributed by atoms with E-state index in [1.54, 1.807) is 42.5 Å². The molecule has 0 atom stereocenters. The fourth-order valence-corrected chi connectivity index (χ4v) is 3.94. The summed E-state index contributed by atoms with van der Waals surface area (Å²) in [5.41, 5.74) is 1.54. The van der Waals surface area contributed by atoms with E-state index in [4.69, 9.17) is 9.47 Å². The second kappa shape index (κ2) is 7.21. The number of para-hydroxylation sites is 1. The molecule has 0 unspecified atom stereocenters. The smallest absolute Gasteiger partial charge is 0.269 e. The molecule has 0 radical (unpaired) electrons. The average Bonchev–Trinajstić information content (AvgIpc) is 3.13. The van der Waals surface area contributed by atoms with E-state index in [-0.39, 0.29) is 10.7 Å². The number of imidazole rings is 1. The zero-order valence-electron chi connectivity index (χ0n) is 14.8. The maximum Gasteiger partial charge on any atom is 0.269 e. The van der Waals surface area contributed by atoms with Crippen molar-refractivity contribution in [1.29, 1.82) is 0 Å². The van der Waals surface area contributed by atoms with Crippen LogP contribution in [0.4, 0.5) is 0 Å². The molecule has 1 aromatic heterocycles. The molecule has 26 heavy (non-hydrogen) atoms. The van der Waals surface area contributed by atoms with Crippen molar-refractivity contribution in [2.75, 3.05) is 13.7 Å². The Hall–Kier alpha value is -2.80. The SMILES string of the molecule is CCOc1c(OC)cccc1-c1nccn1S(=O)(=O)c1ccc(C)cc1. The number of benzene rings is 2. The summed E-state index contributed by atoms with van der Waals surface area (Å²) in [7, 11) is -2.25. The number of aryl methyl sites for hydroxylation is 1. The minimum absolute atomic E-state index is 0.197. The molecule has 0 spiro atoms. The average molecular weight is 372 g/mol. The molecule has 0 bridgehead atoms. The Bertz CT molecular complexity index is 1010. The molecular formula is C19H20N2O4S. The van der Waals surface area contributed by atoms with Crippen LogP contribution < -0.4 is 9.47 Å². The molecule has 3 rings (SSSR count). The van der Waals surface area contributed by atoms with Crippen LogP contribution in [0.3, 0.4) is 0 Å². The highest BCUT2D eigenvalue weighted by Crippen LogP contribution is 2.38. The van der Waals surface area contributed by atoms with Crippen LogP contribution in [0.2, 0.25) is 0 Å². The molecule has 0 aliphatic carbocycles. The maximum absolute atomic E-state index is 13.1. The van der Waals surface area contributed by atoms with Gasteiger partial charge in [-0.1, -0.05) is 23.8 Å². The standard InChI is InChI=1S/C19H20N2O4S/c1-4-25-18-16(6-5-7-17(18)24-3)19-20-12-13-21(19)26(22,23)15-10-8-14(2)9-11-15/h5-13H,4H2,1-3H3. The molecular weight excluding hydrogens is 352 g/mol. The van der Waals surface area contributed by atoms with Crippen molar-refractivity contribution in [1.82, 2.24) is 8.96 Å². The Morgan fingerprint density at radius 2 is 1.85 bits per heavy atom. The first-order valence-electron chi connectivity index (χ1n) is 8.14. The van der Waals surface area contributed by atoms with Crippen molar-refractivity contribution in [2.45, 2.75) is 18.7 Å². The van der Waals surface area contributed by atoms with Crippen LogP contribution in [0.25, 0.3) is 11.4 Å². The first-order valence-corrected chi connectivity index (χ1v) is 9.58. The van der Waals surface area contributed by atoms with Gasteiger partial charge in [0.05, 0.1) is 24.2 Å². The molecule has 6 nitrogen and oxygen atoms in total. The number of hydrogen-bond acceptors (Lipinski definition) is 5. The lowest BCUT2D eigenvalue weighted by atomic mass is 10.1. The van der Waals surface area contributed by atoms with Crippen LogP contribution in [0, 0.1) is 6.92 Å². The van der Waals surface area contributed by atoms with Gasteiger partial charge in [0.1, 0.15) is 0 Å². The number of aromatic nitrogens is 2. The topological polar surface area (TPSA) is 70.4 Å². The third-order valence-corrected chi connectivity index (χ3v) is 5.59. The second-order valence-electron chi connectivity index (χ2n) is 5.63. The lowest BCUT2D eigenvalue weighted by Crippen LogP contribution is -2.14. The van der Waals surface area contributed by atoms with Crippen LogP contribution in [-0.4, -0.2) is 31.1 Å². The largest absolute Gasteiger partial charge is 0.493 e. The third kappa shape index (κ3) is 3.17. The summed E-state index contributed by atoms with van der Waals surface area (Å²) in [5, 5.41) is 0. The summed E-state index contributed by atoms with van der Waals surface area (Å²) < 4.78 is 38.4. The highest BCUT2D eigenvalue weighted by molar-refractivity contribution is 7.90. The summed E-state index contributed by atoms with van der Waals surface area (Å²) in [6, 6.07) is 12.0. The number of nitrogens with zero attached hydrogens (tertiary/aromatic N) is 2. The van der Waals surface area contributed by atoms with Gasteiger partial charge >= 0.3 is 0 Å². The van der Waals surface area contributed by atoms with Crippen molar-refractivity contribution in [3.8, 4) is 22.9 Å². The number of methoxy groups -OCH3 is 1. The van der Waals surface area contributed by atoms with Crippen molar-refractivity contribution < 1.29 is 17.9 Å². The summed E-state index contributed by atoms with van der Waals surface area (Å²) in [5.74, 6) is 1.25. The Kier molecular flexibility index (Phi) is 4.99. The van der Waals surface area contributed by atoms with E-state index >= 15 is 0 Å². The Morgan fingerprint density at radius 3 is 2.50 bits per heavy atom. The summed E-state index contributed by atoms with van der Waals surface area (Å²) in [4.78, 5) is 4.46. The van der Waals surface area contributed by atoms with Gasteiger partial charge < -0.3 is 9.47 Å². The van der Waals surface area contributed by atoms with Gasteiger partial charge in [-0.3, -0.25) is 0 Å². The molecule has 0 aliphatic rings. The quantitative estimate of drug-likeness (QED) is 0.662. The fourth-order valence-electron chi connectivity index (χ4n) is 2.64. The van der Waals surface area contributed by atoms with E-state index in [0.29, 0.717) is 23.7 Å². The predicted molar refractivity (Wildman–Crippen MR) is 99.1 cm³/mol. The normalized spacial score (nSPS) is 11.3. The van der Waals surface area contributed by atoms with Crippen molar-refractivity contribution in [3.63, 3.8) is 0 Å². The minimum Gasteiger partial charge on any atom is -0.493 e. The van der Waals surface area contributed by atoms with Crippen LogP contribution >= 0.6 is 0 Å². The lowest BCUT2D eigenvalue weighted by Gasteiger charge is -2.15. The van der Waals surface area contributed by atoms with E-state index in [2.05, 4.69) is 4.98 Å². The molecule has 0 saturated carbocycles. The zero-order chi connectivity index (χ0) is 18.7. The Labute approximate surface area is 153 Å². The molecule has 0 fully saturated rings. The van der Waals surface area contributed by atoms with Crippen molar-refractivity contribution >= 4 is 10.0 Å². The second-order valence-corrected chi connectivity index (χ2v) is 7.45. The summed E-state index contributed by atoms with van der Waals surface area (Å²) in [6.07, 6.45) is 2.88. The van der Waals surface area contributed by atoms with Gasteiger partial charge in [-0.15, -0.1) is 0 Å². The van der Waals surface area contributed by atoms with Gasteiger partial charge in [0.15, 0.2) is 17.3 Å². The van der Waals surface area contributed by atoms with Crippen LogP contribution in [0.5, 0.6) is 11.5 Å². The highest BCUT2D eigenvalue weighted by Gasteiger charge is 2.24. The molecule has 0 N–H and O–H groups in total. The molecule has 0 aliphatic heterocycles. The first kappa shape index (κ1) is 18.0. The van der Waals surface area contributed by atoms with E-state index in [1.165, 1.54) is 19.5 Å². The van der Waals surface area contributed by atoms with Gasteiger partial charge in [-0.05, 0) is 38.1 Å².